The fourth-order valence-corrected chi connectivity index (χ4v) is 5.72. The predicted molar refractivity (Wildman–Crippen MR) is 160 cm³/mol. The van der Waals surface area contributed by atoms with E-state index in [-0.39, 0.29) is 17.6 Å². The number of ether oxygens (including phenoxy) is 1. The van der Waals surface area contributed by atoms with E-state index >= 15 is 0 Å². The summed E-state index contributed by atoms with van der Waals surface area (Å²) in [5.74, 6) is 0.260. The zero-order chi connectivity index (χ0) is 29.8. The van der Waals surface area contributed by atoms with Crippen LogP contribution in [-0.4, -0.2) is 56.8 Å². The summed E-state index contributed by atoms with van der Waals surface area (Å²) >= 11 is 0. The first-order valence-corrected chi connectivity index (χ1v) is 14.8. The summed E-state index contributed by atoms with van der Waals surface area (Å²) in [5, 5.41) is 3.90. The highest BCUT2D eigenvalue weighted by molar-refractivity contribution is 5.99. The molecule has 1 N–H and O–H groups in total. The quantitative estimate of drug-likeness (QED) is 0.285. The van der Waals surface area contributed by atoms with Crippen molar-refractivity contribution in [2.45, 2.75) is 45.1 Å². The number of nitrogens with one attached hydrogen (secondary N) is 1. The number of rotatable bonds is 9. The Morgan fingerprint density at radius 2 is 1.86 bits per heavy atom. The highest BCUT2D eigenvalue weighted by atomic mass is 19.1. The molecule has 0 spiro atoms. The number of carbonyl (C=O) groups is 1. The van der Waals surface area contributed by atoms with Crippen LogP contribution in [0, 0.1) is 5.82 Å². The Balaban J connectivity index is 1.36. The second-order valence-corrected chi connectivity index (χ2v) is 10.9. The monoisotopic (exact) mass is 583 g/mol. The van der Waals surface area contributed by atoms with Crippen molar-refractivity contribution in [1.82, 2.24) is 24.6 Å². The number of nitrogens with zero attached hydrogens (tertiary/aromatic N) is 4. The molecule has 6 rings (SSSR count). The Morgan fingerprint density at radius 1 is 1.09 bits per heavy atom. The van der Waals surface area contributed by atoms with Crippen LogP contribution >= 0.6 is 0 Å². The van der Waals surface area contributed by atoms with E-state index in [0.29, 0.717) is 55.6 Å². The van der Waals surface area contributed by atoms with Crippen LogP contribution < -0.4 is 5.76 Å². The van der Waals surface area contributed by atoms with E-state index in [9.17, 15) is 14.0 Å². The largest absolute Gasteiger partial charge is 0.439 e. The molecule has 1 amide bonds. The van der Waals surface area contributed by atoms with Gasteiger partial charge in [0.2, 0.25) is 0 Å². The van der Waals surface area contributed by atoms with E-state index in [1.165, 1.54) is 12.1 Å². The Morgan fingerprint density at radius 3 is 2.56 bits per heavy atom. The second kappa shape index (κ2) is 12.7. The van der Waals surface area contributed by atoms with Gasteiger partial charge in [0.15, 0.2) is 5.82 Å². The summed E-state index contributed by atoms with van der Waals surface area (Å²) < 4.78 is 26.1. The van der Waals surface area contributed by atoms with Gasteiger partial charge < -0.3 is 14.2 Å². The average Bonchev–Trinajstić information content (AvgIpc) is 3.64. The summed E-state index contributed by atoms with van der Waals surface area (Å²) in [6.45, 7) is 4.59. The van der Waals surface area contributed by atoms with Gasteiger partial charge in [0.1, 0.15) is 23.0 Å². The first kappa shape index (κ1) is 28.5. The number of hydrogen-bond donors (Lipinski definition) is 1. The number of benzene rings is 2. The SMILES string of the molecule is CCCCc1nc(-c2ccc(F)cc2)c(C(=O)N2CCOCC2)n1Cc1ccc(C2CC=CC=C2c2noc(=O)[nH]2)cc1. The molecule has 0 bridgehead atoms. The number of allylic oxidation sites excluding steroid dienone is 4. The predicted octanol–water partition coefficient (Wildman–Crippen LogP) is 5.36. The molecule has 222 valence electrons. The fraction of sp³-hybridized carbons (Fsp3) is 0.333. The van der Waals surface area contributed by atoms with Crippen molar-refractivity contribution in [3.05, 3.63) is 112 Å². The smallest absolute Gasteiger partial charge is 0.378 e. The van der Waals surface area contributed by atoms with Crippen molar-refractivity contribution in [2.75, 3.05) is 26.3 Å². The van der Waals surface area contributed by atoms with E-state index in [2.05, 4.69) is 47.4 Å². The maximum absolute atomic E-state index is 14.1. The highest BCUT2D eigenvalue weighted by Crippen LogP contribution is 2.36. The summed E-state index contributed by atoms with van der Waals surface area (Å²) in [6, 6.07) is 14.5. The number of H-pyrrole nitrogens is 1. The van der Waals surface area contributed by atoms with E-state index < -0.39 is 5.76 Å². The van der Waals surface area contributed by atoms with Crippen LogP contribution in [0.15, 0.2) is 76.1 Å². The third-order valence-corrected chi connectivity index (χ3v) is 8.01. The minimum atomic E-state index is -0.582. The lowest BCUT2D eigenvalue weighted by atomic mass is 9.84. The molecule has 1 aliphatic heterocycles. The van der Waals surface area contributed by atoms with E-state index in [1.54, 1.807) is 12.1 Å². The fourth-order valence-electron chi connectivity index (χ4n) is 5.72. The van der Waals surface area contributed by atoms with Gasteiger partial charge in [-0.3, -0.25) is 14.3 Å². The maximum atomic E-state index is 14.1. The first-order chi connectivity index (χ1) is 21.0. The molecule has 2 aliphatic rings. The number of amides is 1. The lowest BCUT2D eigenvalue weighted by molar-refractivity contribution is 0.0296. The summed E-state index contributed by atoms with van der Waals surface area (Å²) in [7, 11) is 0. The normalized spacial score (nSPS) is 16.8. The van der Waals surface area contributed by atoms with Crippen molar-refractivity contribution in [3.63, 3.8) is 0 Å². The van der Waals surface area contributed by atoms with Crippen LogP contribution in [0.4, 0.5) is 4.39 Å². The van der Waals surface area contributed by atoms with Crippen LogP contribution in [0.1, 0.15) is 65.4 Å². The van der Waals surface area contributed by atoms with E-state index in [0.717, 1.165) is 48.2 Å². The van der Waals surface area contributed by atoms with Crippen molar-refractivity contribution in [2.24, 2.45) is 0 Å². The van der Waals surface area contributed by atoms with Gasteiger partial charge in [0.05, 0.1) is 13.2 Å². The lowest BCUT2D eigenvalue weighted by Crippen LogP contribution is -2.41. The first-order valence-electron chi connectivity index (χ1n) is 14.8. The topological polar surface area (TPSA) is 106 Å². The third-order valence-electron chi connectivity index (χ3n) is 8.01. The summed E-state index contributed by atoms with van der Waals surface area (Å²) in [6.07, 6.45) is 9.39. The number of aromatic nitrogens is 4. The van der Waals surface area contributed by atoms with Gasteiger partial charge in [-0.15, -0.1) is 0 Å². The zero-order valence-electron chi connectivity index (χ0n) is 24.1. The Kier molecular flexibility index (Phi) is 8.46. The molecule has 9 nitrogen and oxygen atoms in total. The van der Waals surface area contributed by atoms with Gasteiger partial charge in [-0.2, -0.15) is 0 Å². The summed E-state index contributed by atoms with van der Waals surface area (Å²) in [5.41, 5.74) is 4.79. The number of morpholine rings is 1. The summed E-state index contributed by atoms with van der Waals surface area (Å²) in [4.78, 5) is 35.1. The number of imidazole rings is 1. The van der Waals surface area contributed by atoms with Gasteiger partial charge in [0, 0.05) is 43.1 Å². The van der Waals surface area contributed by atoms with Crippen LogP contribution in [0.2, 0.25) is 0 Å². The third kappa shape index (κ3) is 6.15. The van der Waals surface area contributed by atoms with Crippen LogP contribution in [0.3, 0.4) is 0 Å². The molecule has 1 atom stereocenters. The molecule has 0 radical (unpaired) electrons. The molecule has 4 aromatic rings. The van der Waals surface area contributed by atoms with Crippen molar-refractivity contribution >= 4 is 11.5 Å². The van der Waals surface area contributed by atoms with Gasteiger partial charge in [-0.1, -0.05) is 61.0 Å². The molecule has 1 aliphatic carbocycles. The maximum Gasteiger partial charge on any atom is 0.439 e. The molecule has 0 saturated carbocycles. The Bertz CT molecular complexity index is 1690. The number of aryl methyl sites for hydroxylation is 1. The molecule has 2 aromatic heterocycles. The van der Waals surface area contributed by atoms with Crippen LogP contribution in [-0.2, 0) is 17.7 Å². The number of hydrogen-bond acceptors (Lipinski definition) is 6. The number of unbranched alkanes of at least 4 members (excludes halogenated alkanes) is 1. The molecule has 1 saturated heterocycles. The van der Waals surface area contributed by atoms with Gasteiger partial charge >= 0.3 is 5.76 Å². The average molecular weight is 584 g/mol. The number of halogens is 1. The van der Waals surface area contributed by atoms with Gasteiger partial charge in [-0.05, 0) is 48.2 Å². The van der Waals surface area contributed by atoms with Crippen LogP contribution in [0.5, 0.6) is 0 Å². The molecule has 2 aromatic carbocycles. The molecule has 43 heavy (non-hydrogen) atoms. The van der Waals surface area contributed by atoms with Gasteiger partial charge in [0.25, 0.3) is 5.91 Å². The molecular weight excluding hydrogens is 549 g/mol. The van der Waals surface area contributed by atoms with Crippen molar-refractivity contribution in [3.8, 4) is 11.3 Å². The number of carbonyl (C=O) groups excluding carboxylic acids is 1. The highest BCUT2D eigenvalue weighted by Gasteiger charge is 2.29. The van der Waals surface area contributed by atoms with Crippen molar-refractivity contribution < 1.29 is 18.4 Å². The molecule has 10 heteroatoms. The number of aromatic amines is 1. The molecule has 1 unspecified atom stereocenters. The van der Waals surface area contributed by atoms with Crippen molar-refractivity contribution in [1.29, 1.82) is 0 Å². The lowest BCUT2D eigenvalue weighted by Gasteiger charge is -2.27. The molecular formula is C33H34FN5O4. The molecule has 1 fully saturated rings. The van der Waals surface area contributed by atoms with Crippen LogP contribution in [0.25, 0.3) is 16.8 Å². The minimum Gasteiger partial charge on any atom is -0.378 e. The van der Waals surface area contributed by atoms with Gasteiger partial charge in [-0.25, -0.2) is 14.2 Å². The minimum absolute atomic E-state index is 0.0108. The molecule has 3 heterocycles. The standard InChI is InChI=1S/C33H34FN5O4/c1-2-3-8-28-35-29(24-13-15-25(34)16-14-24)30(32(40)38-17-19-42-20-18-38)39(28)21-22-9-11-23(12-10-22)26-6-4-5-7-27(26)31-36-33(41)43-37-31/h4-5,7,9-16,26H,2-3,6,8,17-21H2,1H3,(H,36,37,41). The zero-order valence-corrected chi connectivity index (χ0v) is 24.1. The Hall–Kier alpha value is -4.57. The van der Waals surface area contributed by atoms with E-state index in [1.807, 2.05) is 21.6 Å². The van der Waals surface area contributed by atoms with E-state index in [4.69, 9.17) is 14.2 Å². The Labute approximate surface area is 248 Å². The second-order valence-electron chi connectivity index (χ2n) is 10.9.